The summed E-state index contributed by atoms with van der Waals surface area (Å²) in [4.78, 5) is 101. The van der Waals surface area contributed by atoms with Crippen LogP contribution in [-0.2, 0) is 23.9 Å². The molecule has 3 heterocycles. The molecule has 4 rings (SSSR count). The normalized spacial score (nSPS) is 18.6. The van der Waals surface area contributed by atoms with Crippen molar-refractivity contribution in [1.29, 1.82) is 0 Å². The maximum atomic E-state index is 14.2. The van der Waals surface area contributed by atoms with Gasteiger partial charge in [0.25, 0.3) is 11.6 Å². The van der Waals surface area contributed by atoms with Crippen molar-refractivity contribution >= 4 is 53.1 Å². The number of benzene rings is 1. The molecular formula is C36H49N9O9. The average molecular weight is 752 g/mol. The molecule has 54 heavy (non-hydrogen) atoms. The Morgan fingerprint density at radius 3 is 2.30 bits per heavy atom. The van der Waals surface area contributed by atoms with Gasteiger partial charge in [0.2, 0.25) is 17.7 Å². The quantitative estimate of drug-likeness (QED) is 0.117. The number of piperidine rings is 1. The van der Waals surface area contributed by atoms with Crippen molar-refractivity contribution in [1.82, 2.24) is 30.8 Å². The van der Waals surface area contributed by atoms with Crippen LogP contribution in [0.4, 0.5) is 21.9 Å². The minimum absolute atomic E-state index is 0.00170. The highest BCUT2D eigenvalue weighted by Gasteiger charge is 2.45. The fourth-order valence-corrected chi connectivity index (χ4v) is 6.44. The second-order valence-electron chi connectivity index (χ2n) is 14.1. The van der Waals surface area contributed by atoms with Gasteiger partial charge in [-0.25, -0.2) is 9.78 Å². The number of hydrogen-bond donors (Lipinski definition) is 4. The highest BCUT2D eigenvalue weighted by atomic mass is 16.6. The maximum Gasteiger partial charge on any atom is 0.411 e. The fourth-order valence-electron chi connectivity index (χ4n) is 6.44. The van der Waals surface area contributed by atoms with E-state index in [-0.39, 0.29) is 30.0 Å². The molecule has 2 saturated heterocycles. The first-order chi connectivity index (χ1) is 25.7. The van der Waals surface area contributed by atoms with E-state index < -0.39 is 76.8 Å². The summed E-state index contributed by atoms with van der Waals surface area (Å²) in [5, 5.41) is 22.4. The number of carbonyl (C=O) groups excluding carboxylic acids is 6. The Labute approximate surface area is 313 Å². The van der Waals surface area contributed by atoms with Gasteiger partial charge in [-0.1, -0.05) is 34.6 Å². The van der Waals surface area contributed by atoms with E-state index in [1.807, 2.05) is 4.90 Å². The van der Waals surface area contributed by atoms with Gasteiger partial charge in [-0.3, -0.25) is 39.6 Å². The predicted octanol–water partition coefficient (Wildman–Crippen LogP) is 2.58. The number of hydrogen-bond acceptors (Lipinski definition) is 12. The van der Waals surface area contributed by atoms with Gasteiger partial charge in [0.15, 0.2) is 0 Å². The lowest BCUT2D eigenvalue weighted by Crippen LogP contribution is -2.59. The second-order valence-corrected chi connectivity index (χ2v) is 14.1. The van der Waals surface area contributed by atoms with Gasteiger partial charge < -0.3 is 35.3 Å². The molecule has 0 bridgehead atoms. The molecule has 2 fully saturated rings. The van der Waals surface area contributed by atoms with Crippen LogP contribution in [0.2, 0.25) is 0 Å². The summed E-state index contributed by atoms with van der Waals surface area (Å²) in [7, 11) is 0. The summed E-state index contributed by atoms with van der Waals surface area (Å²) in [6.45, 7) is 9.70. The summed E-state index contributed by atoms with van der Waals surface area (Å²) in [6, 6.07) is 0.149. The van der Waals surface area contributed by atoms with E-state index in [0.29, 0.717) is 31.5 Å². The van der Waals surface area contributed by atoms with E-state index in [1.165, 1.54) is 29.6 Å². The van der Waals surface area contributed by atoms with Gasteiger partial charge in [0.1, 0.15) is 41.9 Å². The van der Waals surface area contributed by atoms with Gasteiger partial charge >= 0.3 is 6.09 Å². The summed E-state index contributed by atoms with van der Waals surface area (Å²) in [6.07, 6.45) is 5.68. The van der Waals surface area contributed by atoms with Crippen molar-refractivity contribution in [3.63, 3.8) is 0 Å². The first-order valence-corrected chi connectivity index (χ1v) is 18.2. The topological polar surface area (TPSA) is 235 Å². The maximum absolute atomic E-state index is 14.2. The Balaban J connectivity index is 1.51. The van der Waals surface area contributed by atoms with Gasteiger partial charge in [0, 0.05) is 38.0 Å². The van der Waals surface area contributed by atoms with Crippen molar-refractivity contribution < 1.29 is 38.4 Å². The molecule has 5 amide bonds. The van der Waals surface area contributed by atoms with E-state index in [1.54, 1.807) is 46.8 Å². The number of aromatic nitrogens is 2. The molecule has 1 aromatic heterocycles. The lowest BCUT2D eigenvalue weighted by molar-refractivity contribution is -0.384. The average Bonchev–Trinajstić information content (AvgIpc) is 3.58. The summed E-state index contributed by atoms with van der Waals surface area (Å²) < 4.78 is 5.64. The minimum atomic E-state index is -1.18. The Kier molecular flexibility index (Phi) is 14.4. The lowest BCUT2D eigenvalue weighted by Gasteiger charge is -2.32. The Morgan fingerprint density at radius 1 is 1.00 bits per heavy atom. The van der Waals surface area contributed by atoms with Crippen LogP contribution in [0.25, 0.3) is 0 Å². The van der Waals surface area contributed by atoms with E-state index in [0.717, 1.165) is 19.3 Å². The monoisotopic (exact) mass is 751 g/mol. The molecule has 292 valence electrons. The zero-order valence-electron chi connectivity index (χ0n) is 31.2. The minimum Gasteiger partial charge on any atom is -0.444 e. The predicted molar refractivity (Wildman–Crippen MR) is 196 cm³/mol. The number of nitrogens with one attached hydrogen (secondary N) is 4. The molecule has 2 aliphatic rings. The van der Waals surface area contributed by atoms with Crippen LogP contribution in [0.15, 0.2) is 36.8 Å². The molecular weight excluding hydrogens is 702 g/mol. The van der Waals surface area contributed by atoms with Gasteiger partial charge in [-0.05, 0) is 49.7 Å². The number of rotatable bonds is 15. The van der Waals surface area contributed by atoms with Crippen LogP contribution >= 0.6 is 0 Å². The van der Waals surface area contributed by atoms with Crippen molar-refractivity contribution in [3.8, 4) is 0 Å². The highest BCUT2D eigenvalue weighted by Crippen LogP contribution is 2.33. The Bertz CT molecular complexity index is 1680. The van der Waals surface area contributed by atoms with E-state index >= 15 is 0 Å². The van der Waals surface area contributed by atoms with Crippen LogP contribution in [-0.4, -0.2) is 106 Å². The third kappa shape index (κ3) is 10.5. The van der Waals surface area contributed by atoms with Gasteiger partial charge in [0.05, 0.1) is 29.4 Å². The number of nitro groups is 1. The summed E-state index contributed by atoms with van der Waals surface area (Å²) >= 11 is 0. The standard InChI is InChI=1S/C36H49N9O9/c1-6-23(20-46)39-33(48)29-17-25(54-36(51)40-24-10-11-27(28(16-24)45(52)53)43-14-8-7-9-15-43)19-44(29)35(50)31(22(4)5)42-34(49)30(21(2)3)41-32(47)26-18-37-12-13-38-26/h10-13,16,18,20-23,25,29-31H,6-9,14-15,17,19H2,1-5H3,(H,39,48)(H,40,51)(H,41,47)(H,42,49)/t23-,25+,29-,30-,31-/m0/s1. The Hall–Kier alpha value is -5.68. The smallest absolute Gasteiger partial charge is 0.411 e. The number of nitrogens with zero attached hydrogens (tertiary/aromatic N) is 5. The van der Waals surface area contributed by atoms with Crippen LogP contribution in [0, 0.1) is 22.0 Å². The number of nitro benzene ring substituents is 1. The van der Waals surface area contributed by atoms with E-state index in [2.05, 4.69) is 31.2 Å². The van der Waals surface area contributed by atoms with Gasteiger partial charge in [-0.15, -0.1) is 0 Å². The molecule has 0 unspecified atom stereocenters. The molecule has 18 nitrogen and oxygen atoms in total. The molecule has 0 aliphatic carbocycles. The third-order valence-electron chi connectivity index (χ3n) is 9.43. The molecule has 0 spiro atoms. The third-order valence-corrected chi connectivity index (χ3v) is 9.43. The largest absolute Gasteiger partial charge is 0.444 e. The number of likely N-dealkylation sites (tertiary alicyclic amines) is 1. The highest BCUT2D eigenvalue weighted by molar-refractivity contribution is 5.98. The van der Waals surface area contributed by atoms with Crippen LogP contribution in [0.5, 0.6) is 0 Å². The number of anilines is 2. The lowest BCUT2D eigenvalue weighted by atomic mass is 9.98. The zero-order valence-corrected chi connectivity index (χ0v) is 31.2. The first kappa shape index (κ1) is 41.1. The number of ether oxygens (including phenoxy) is 1. The fraction of sp³-hybridized carbons (Fsp3) is 0.556. The van der Waals surface area contributed by atoms with Crippen molar-refractivity contribution in [2.75, 3.05) is 29.9 Å². The molecule has 4 N–H and O–H groups in total. The zero-order chi connectivity index (χ0) is 39.5. The van der Waals surface area contributed by atoms with Crippen LogP contribution in [0.3, 0.4) is 0 Å². The van der Waals surface area contributed by atoms with Crippen molar-refractivity contribution in [3.05, 3.63) is 52.6 Å². The second kappa shape index (κ2) is 18.9. The Morgan fingerprint density at radius 2 is 1.70 bits per heavy atom. The SMILES string of the molecule is CC[C@@H](C=O)NC(=O)[C@@H]1C[C@@H](OC(=O)Nc2ccc(N3CCCCC3)c([N+](=O)[O-])c2)CN1C(=O)[C@@H](NC(=O)[C@@H](NC(=O)c1cnccn1)C(C)C)C(C)C. The van der Waals surface area contributed by atoms with E-state index in [4.69, 9.17) is 4.74 Å². The number of carbonyl (C=O) groups is 6. The van der Waals surface area contributed by atoms with Crippen molar-refractivity contribution in [2.45, 2.75) is 97.0 Å². The molecule has 0 radical (unpaired) electrons. The molecule has 2 aliphatic heterocycles. The van der Waals surface area contributed by atoms with Gasteiger partial charge in [-0.2, -0.15) is 0 Å². The van der Waals surface area contributed by atoms with Crippen LogP contribution in [0.1, 0.15) is 77.2 Å². The molecule has 1 aromatic carbocycles. The van der Waals surface area contributed by atoms with Crippen molar-refractivity contribution in [2.24, 2.45) is 11.8 Å². The number of aldehydes is 1. The summed E-state index contributed by atoms with van der Waals surface area (Å²) in [5.74, 6) is -3.45. The molecule has 18 heteroatoms. The molecule has 5 atom stereocenters. The molecule has 0 saturated carbocycles. The number of amides is 5. The molecule has 2 aromatic rings. The van der Waals surface area contributed by atoms with E-state index in [9.17, 15) is 38.9 Å². The van der Waals surface area contributed by atoms with Crippen LogP contribution < -0.4 is 26.2 Å². The first-order valence-electron chi connectivity index (χ1n) is 18.2. The summed E-state index contributed by atoms with van der Waals surface area (Å²) in [5.41, 5.74) is 0.414.